The number of amides is 1. The van der Waals surface area contributed by atoms with E-state index in [4.69, 9.17) is 16.3 Å². The maximum Gasteiger partial charge on any atom is 0.339 e. The highest BCUT2D eigenvalue weighted by atomic mass is 35.5. The van der Waals surface area contributed by atoms with Crippen molar-refractivity contribution in [2.75, 3.05) is 13.1 Å². The molecule has 0 unspecified atom stereocenters. The molecule has 1 saturated carbocycles. The predicted molar refractivity (Wildman–Crippen MR) is 104 cm³/mol. The SMILES string of the molecule is O=C1O[C@]2(CCN(C(=O)C3(Sc4ccc(F)c(Cl)c4)CC3)C2)c2ccccc21. The molecule has 2 aliphatic heterocycles. The van der Waals surface area contributed by atoms with Gasteiger partial charge in [0.15, 0.2) is 5.60 Å². The third-order valence-corrected chi connectivity index (χ3v) is 7.50. The number of hydrogen-bond acceptors (Lipinski definition) is 4. The van der Waals surface area contributed by atoms with E-state index in [9.17, 15) is 14.0 Å². The van der Waals surface area contributed by atoms with E-state index in [1.165, 1.54) is 17.8 Å². The molecule has 1 amide bonds. The Morgan fingerprint density at radius 1 is 1.18 bits per heavy atom. The van der Waals surface area contributed by atoms with Crippen LogP contribution in [0, 0.1) is 5.82 Å². The number of benzene rings is 2. The summed E-state index contributed by atoms with van der Waals surface area (Å²) in [5, 5.41) is 0.0582. The first-order chi connectivity index (χ1) is 13.4. The largest absolute Gasteiger partial charge is 0.449 e. The Kier molecular flexibility index (Phi) is 4.00. The third kappa shape index (κ3) is 2.73. The van der Waals surface area contributed by atoms with Gasteiger partial charge in [-0.3, -0.25) is 4.79 Å². The van der Waals surface area contributed by atoms with Gasteiger partial charge in [-0.1, -0.05) is 29.8 Å². The topological polar surface area (TPSA) is 46.6 Å². The fraction of sp³-hybridized carbons (Fsp3) is 0.333. The van der Waals surface area contributed by atoms with Crippen molar-refractivity contribution in [3.8, 4) is 0 Å². The zero-order chi connectivity index (χ0) is 19.5. The van der Waals surface area contributed by atoms with Crippen molar-refractivity contribution in [1.82, 2.24) is 4.90 Å². The second kappa shape index (κ2) is 6.22. The van der Waals surface area contributed by atoms with Crippen LogP contribution in [-0.4, -0.2) is 34.6 Å². The van der Waals surface area contributed by atoms with Gasteiger partial charge in [0.1, 0.15) is 5.82 Å². The number of fused-ring (bicyclic) bond motifs is 2. The first kappa shape index (κ1) is 18.0. The van der Waals surface area contributed by atoms with Gasteiger partial charge in [-0.2, -0.15) is 0 Å². The summed E-state index contributed by atoms with van der Waals surface area (Å²) >= 11 is 7.32. The Labute approximate surface area is 171 Å². The summed E-state index contributed by atoms with van der Waals surface area (Å²) in [6.07, 6.45) is 2.14. The molecule has 1 aliphatic carbocycles. The highest BCUT2D eigenvalue weighted by molar-refractivity contribution is 8.01. The molecule has 1 atom stereocenters. The second-order valence-electron chi connectivity index (χ2n) is 7.58. The summed E-state index contributed by atoms with van der Waals surface area (Å²) in [5.41, 5.74) is 0.731. The Bertz CT molecular complexity index is 1010. The smallest absolute Gasteiger partial charge is 0.339 e. The molecule has 2 fully saturated rings. The molecule has 28 heavy (non-hydrogen) atoms. The van der Waals surface area contributed by atoms with E-state index in [0.29, 0.717) is 25.1 Å². The van der Waals surface area contributed by atoms with Crippen molar-refractivity contribution < 1.29 is 18.7 Å². The number of carbonyl (C=O) groups is 2. The van der Waals surface area contributed by atoms with Crippen LogP contribution in [0.5, 0.6) is 0 Å². The van der Waals surface area contributed by atoms with Gasteiger partial charge >= 0.3 is 5.97 Å². The van der Waals surface area contributed by atoms with Crippen LogP contribution >= 0.6 is 23.4 Å². The normalized spacial score (nSPS) is 24.4. The quantitative estimate of drug-likeness (QED) is 0.694. The average Bonchev–Trinajstić information content (AvgIpc) is 3.26. The lowest BCUT2D eigenvalue weighted by atomic mass is 9.91. The number of nitrogens with zero attached hydrogens (tertiary/aromatic N) is 1. The zero-order valence-electron chi connectivity index (χ0n) is 14.9. The fourth-order valence-corrected chi connectivity index (χ4v) is 5.66. The lowest BCUT2D eigenvalue weighted by molar-refractivity contribution is -0.131. The van der Waals surface area contributed by atoms with E-state index in [2.05, 4.69) is 0 Å². The van der Waals surface area contributed by atoms with E-state index in [1.54, 1.807) is 23.1 Å². The molecule has 4 nitrogen and oxygen atoms in total. The van der Waals surface area contributed by atoms with Crippen LogP contribution in [0.4, 0.5) is 4.39 Å². The van der Waals surface area contributed by atoms with Crippen LogP contribution in [0.25, 0.3) is 0 Å². The van der Waals surface area contributed by atoms with Crippen LogP contribution < -0.4 is 0 Å². The first-order valence-corrected chi connectivity index (χ1v) is 10.4. The van der Waals surface area contributed by atoms with Gasteiger partial charge in [-0.05, 0) is 37.1 Å². The second-order valence-corrected chi connectivity index (χ2v) is 9.44. The van der Waals surface area contributed by atoms with E-state index < -0.39 is 16.2 Å². The summed E-state index contributed by atoms with van der Waals surface area (Å²) in [6.45, 7) is 0.925. The molecular weight excluding hydrogens is 401 g/mol. The minimum absolute atomic E-state index is 0.0512. The number of likely N-dealkylation sites (tertiary alicyclic amines) is 1. The van der Waals surface area contributed by atoms with Gasteiger partial charge < -0.3 is 9.64 Å². The average molecular weight is 418 g/mol. The molecule has 0 radical (unpaired) electrons. The maximum atomic E-state index is 13.4. The van der Waals surface area contributed by atoms with E-state index in [0.717, 1.165) is 23.3 Å². The molecular formula is C21H17ClFNO3S. The third-order valence-electron chi connectivity index (χ3n) is 5.74. The molecule has 0 aromatic heterocycles. The van der Waals surface area contributed by atoms with Crippen molar-refractivity contribution in [2.45, 2.75) is 34.5 Å². The summed E-state index contributed by atoms with van der Waals surface area (Å²) in [6, 6.07) is 11.9. The van der Waals surface area contributed by atoms with Gasteiger partial charge in [0.05, 0.1) is 21.9 Å². The number of ether oxygens (including phenoxy) is 1. The van der Waals surface area contributed by atoms with E-state index >= 15 is 0 Å². The maximum absolute atomic E-state index is 13.4. The van der Waals surface area contributed by atoms with Crippen LogP contribution in [0.3, 0.4) is 0 Å². The van der Waals surface area contributed by atoms with Crippen molar-refractivity contribution in [3.05, 3.63) is 64.4 Å². The van der Waals surface area contributed by atoms with E-state index in [1.807, 2.05) is 18.2 Å². The number of halogens is 2. The molecule has 144 valence electrons. The van der Waals surface area contributed by atoms with Crippen LogP contribution in [-0.2, 0) is 15.1 Å². The Morgan fingerprint density at radius 3 is 2.71 bits per heavy atom. The van der Waals surface area contributed by atoms with Gasteiger partial charge in [-0.25, -0.2) is 9.18 Å². The van der Waals surface area contributed by atoms with Crippen LogP contribution in [0.1, 0.15) is 35.2 Å². The van der Waals surface area contributed by atoms with Gasteiger partial charge in [0.2, 0.25) is 5.91 Å². The molecule has 1 saturated heterocycles. The molecule has 7 heteroatoms. The highest BCUT2D eigenvalue weighted by Crippen LogP contribution is 2.54. The first-order valence-electron chi connectivity index (χ1n) is 9.19. The molecule has 1 spiro atoms. The van der Waals surface area contributed by atoms with Crippen molar-refractivity contribution in [2.24, 2.45) is 0 Å². The van der Waals surface area contributed by atoms with Crippen LogP contribution in [0.15, 0.2) is 47.4 Å². The lowest BCUT2D eigenvalue weighted by Crippen LogP contribution is -2.40. The molecule has 2 heterocycles. The monoisotopic (exact) mass is 417 g/mol. The van der Waals surface area contributed by atoms with Gasteiger partial charge in [-0.15, -0.1) is 11.8 Å². The molecule has 5 rings (SSSR count). The zero-order valence-corrected chi connectivity index (χ0v) is 16.5. The fourth-order valence-electron chi connectivity index (χ4n) is 4.13. The number of hydrogen-bond donors (Lipinski definition) is 0. The van der Waals surface area contributed by atoms with Gasteiger partial charge in [0, 0.05) is 23.4 Å². The van der Waals surface area contributed by atoms with Gasteiger partial charge in [0.25, 0.3) is 0 Å². The van der Waals surface area contributed by atoms with E-state index in [-0.39, 0.29) is 16.9 Å². The number of rotatable bonds is 3. The Balaban J connectivity index is 1.36. The molecule has 0 bridgehead atoms. The predicted octanol–water partition coefficient (Wildman–Crippen LogP) is 4.40. The molecule has 2 aromatic rings. The highest BCUT2D eigenvalue weighted by Gasteiger charge is 2.57. The number of carbonyl (C=O) groups excluding carboxylic acids is 2. The molecule has 0 N–H and O–H groups in total. The standard InChI is InChI=1S/C21H17ClFNO3S/c22-16-11-13(5-6-17(16)23)28-21(7-8-21)19(26)24-10-9-20(12-24)15-4-2-1-3-14(15)18(25)27-20/h1-6,11H,7-10,12H2/t20-/m0/s1. The van der Waals surface area contributed by atoms with Crippen molar-refractivity contribution >= 4 is 35.2 Å². The number of thioether (sulfide) groups is 1. The van der Waals surface area contributed by atoms with Crippen molar-refractivity contribution in [3.63, 3.8) is 0 Å². The minimum Gasteiger partial charge on any atom is -0.449 e. The van der Waals surface area contributed by atoms with Crippen LogP contribution in [0.2, 0.25) is 5.02 Å². The summed E-state index contributed by atoms with van der Waals surface area (Å²) < 4.78 is 18.6. The summed E-state index contributed by atoms with van der Waals surface area (Å²) in [5.74, 6) is -0.734. The molecule has 3 aliphatic rings. The Morgan fingerprint density at radius 2 is 1.96 bits per heavy atom. The number of esters is 1. The lowest BCUT2D eigenvalue weighted by Gasteiger charge is -2.26. The minimum atomic E-state index is -0.733. The van der Waals surface area contributed by atoms with Crippen molar-refractivity contribution in [1.29, 1.82) is 0 Å². The molecule has 2 aromatic carbocycles. The summed E-state index contributed by atoms with van der Waals surface area (Å²) in [4.78, 5) is 28.1. The Hall–Kier alpha value is -2.05. The summed E-state index contributed by atoms with van der Waals surface area (Å²) in [7, 11) is 0.